The Kier molecular flexibility index (Phi) is 61.0. The Bertz CT molecular complexity index is 1610. The number of phosphoric ester groups is 1. The number of carbonyl (C=O) groups is 2. The number of hydrogen-bond acceptors (Lipinski definition) is 7. The van der Waals surface area contributed by atoms with Gasteiger partial charge >= 0.3 is 19.8 Å². The largest absolute Gasteiger partial charge is 0.472 e. The molecule has 0 spiro atoms. The molecule has 0 aromatic carbocycles. The minimum atomic E-state index is -4.39. The Morgan fingerprint density at radius 1 is 0.390 bits per heavy atom. The molecule has 0 saturated heterocycles. The fourth-order valence-corrected chi connectivity index (χ4v) is 10.7. The number of hydrogen-bond donors (Lipinski definition) is 1. The van der Waals surface area contributed by atoms with Crippen LogP contribution < -0.4 is 0 Å². The lowest BCUT2D eigenvalue weighted by molar-refractivity contribution is -0.870. The molecule has 0 aliphatic carbocycles. The monoisotopic (exact) mass is 1170 g/mol. The second kappa shape index (κ2) is 63.0. The van der Waals surface area contributed by atoms with Crippen molar-refractivity contribution in [2.75, 3.05) is 47.5 Å². The molecule has 0 aromatic heterocycles. The Morgan fingerprint density at radius 3 is 1.04 bits per heavy atom. The van der Waals surface area contributed by atoms with E-state index in [1.165, 1.54) is 225 Å². The quantitative estimate of drug-likeness (QED) is 0.0211. The summed E-state index contributed by atoms with van der Waals surface area (Å²) in [6.45, 7) is 4.36. The van der Waals surface area contributed by atoms with Gasteiger partial charge in [0.05, 0.1) is 27.7 Å². The van der Waals surface area contributed by atoms with E-state index < -0.39 is 26.5 Å². The Balaban J connectivity index is 4.01. The maximum Gasteiger partial charge on any atom is 0.472 e. The summed E-state index contributed by atoms with van der Waals surface area (Å²) in [7, 11) is 1.49. The van der Waals surface area contributed by atoms with Crippen LogP contribution in [-0.2, 0) is 32.7 Å². The first-order chi connectivity index (χ1) is 40.0. The van der Waals surface area contributed by atoms with E-state index in [1.807, 2.05) is 21.1 Å². The van der Waals surface area contributed by atoms with Gasteiger partial charge in [0.1, 0.15) is 19.8 Å². The zero-order valence-corrected chi connectivity index (χ0v) is 55.4. The Morgan fingerprint density at radius 2 is 0.695 bits per heavy atom. The summed E-state index contributed by atoms with van der Waals surface area (Å²) in [5.41, 5.74) is 0. The van der Waals surface area contributed by atoms with Crippen LogP contribution in [0.4, 0.5) is 0 Å². The van der Waals surface area contributed by atoms with E-state index >= 15 is 0 Å². The van der Waals surface area contributed by atoms with Crippen LogP contribution in [0.2, 0.25) is 0 Å². The summed E-state index contributed by atoms with van der Waals surface area (Å²) in [4.78, 5) is 35.9. The van der Waals surface area contributed by atoms with E-state index in [-0.39, 0.29) is 32.0 Å². The molecule has 10 heteroatoms. The lowest BCUT2D eigenvalue weighted by Gasteiger charge is -2.24. The smallest absolute Gasteiger partial charge is 0.462 e. The van der Waals surface area contributed by atoms with Gasteiger partial charge in [-0.15, -0.1) is 0 Å². The fraction of sp³-hybridized carbons (Fsp3) is 0.806. The van der Waals surface area contributed by atoms with Gasteiger partial charge < -0.3 is 18.9 Å². The molecule has 0 amide bonds. The van der Waals surface area contributed by atoms with Crippen LogP contribution >= 0.6 is 7.82 Å². The number of unbranched alkanes of at least 4 members (excludes halogenated alkanes) is 38. The zero-order chi connectivity index (χ0) is 59.8. The topological polar surface area (TPSA) is 108 Å². The van der Waals surface area contributed by atoms with Gasteiger partial charge in [0.15, 0.2) is 6.10 Å². The van der Waals surface area contributed by atoms with Crippen molar-refractivity contribution in [1.29, 1.82) is 0 Å². The zero-order valence-electron chi connectivity index (χ0n) is 54.5. The summed E-state index contributed by atoms with van der Waals surface area (Å²) >= 11 is 0. The van der Waals surface area contributed by atoms with Gasteiger partial charge in [-0.1, -0.05) is 299 Å². The van der Waals surface area contributed by atoms with E-state index in [0.29, 0.717) is 17.4 Å². The van der Waals surface area contributed by atoms with Crippen LogP contribution in [0, 0.1) is 0 Å². The van der Waals surface area contributed by atoms with Crippen LogP contribution in [0.3, 0.4) is 0 Å². The van der Waals surface area contributed by atoms with Crippen LogP contribution in [-0.4, -0.2) is 74.9 Å². The normalized spacial score (nSPS) is 13.6. The molecule has 0 heterocycles. The molecule has 2 atom stereocenters. The van der Waals surface area contributed by atoms with Gasteiger partial charge in [0, 0.05) is 12.8 Å². The van der Waals surface area contributed by atoms with Gasteiger partial charge in [-0.05, 0) is 83.5 Å². The molecule has 2 unspecified atom stereocenters. The Labute approximate surface area is 508 Å². The highest BCUT2D eigenvalue weighted by atomic mass is 31.2. The van der Waals surface area contributed by atoms with Crippen LogP contribution in [0.15, 0.2) is 72.9 Å². The highest BCUT2D eigenvalue weighted by molar-refractivity contribution is 7.47. The summed E-state index contributed by atoms with van der Waals surface area (Å²) in [6.07, 6.45) is 84.3. The maximum atomic E-state index is 12.9. The van der Waals surface area contributed by atoms with E-state index in [0.717, 1.165) is 64.2 Å². The number of quaternary nitrogens is 1. The van der Waals surface area contributed by atoms with Crippen LogP contribution in [0.5, 0.6) is 0 Å². The van der Waals surface area contributed by atoms with Crippen molar-refractivity contribution in [3.63, 3.8) is 0 Å². The molecule has 0 aliphatic heterocycles. The molecular weight excluding hydrogens is 1040 g/mol. The molecule has 478 valence electrons. The number of phosphoric acid groups is 1. The molecule has 0 rings (SSSR count). The van der Waals surface area contributed by atoms with Crippen LogP contribution in [0.25, 0.3) is 0 Å². The van der Waals surface area contributed by atoms with Gasteiger partial charge in [-0.25, -0.2) is 4.57 Å². The maximum absolute atomic E-state index is 12.9. The highest BCUT2D eigenvalue weighted by Crippen LogP contribution is 2.43. The summed E-state index contributed by atoms with van der Waals surface area (Å²) in [6, 6.07) is 0. The standard InChI is InChI=1S/C72H132NO8P/c1-6-8-10-12-14-16-18-20-22-24-26-28-30-32-33-34-35-36-37-38-39-41-43-45-47-49-51-53-55-57-59-61-63-65-72(75)81-70(69-80-82(76,77)79-67-66-73(3,4)5)68-78-71(74)64-62-60-58-56-54-52-50-48-46-44-42-40-31-29-27-25-23-21-19-17-15-13-11-9-7-2/h8,10,14,16,19-22,25-28,70H,6-7,9,11-13,15,17-18,23-24,29-69H2,1-5H3/p+1/b10-8-,16-14-,21-19-,22-20-,27-25-,28-26-. The third kappa shape index (κ3) is 66.6. The number of rotatable bonds is 64. The summed E-state index contributed by atoms with van der Waals surface area (Å²) < 4.78 is 34.7. The van der Waals surface area contributed by atoms with Gasteiger partial charge in [-0.2, -0.15) is 0 Å². The number of carbonyl (C=O) groups excluding carboxylic acids is 2. The molecule has 0 saturated carbocycles. The SMILES string of the molecule is CC/C=C\C/C=C\C/C=C\C/C=C\CCCCCCCCCCCCCCCCCCCCCCC(=O)OC(COC(=O)CCCCCCCCCCCCCCC/C=C\C/C=C\CCCCCCC)COP(=O)(O)OCC[N+](C)(C)C. The van der Waals surface area contributed by atoms with Crippen molar-refractivity contribution < 1.29 is 42.1 Å². The molecular formula is C72H133NO8P+. The molecule has 0 aromatic rings. The number of esters is 2. The molecule has 1 N–H and O–H groups in total. The third-order valence-corrected chi connectivity index (χ3v) is 16.2. The molecule has 82 heavy (non-hydrogen) atoms. The minimum Gasteiger partial charge on any atom is -0.462 e. The van der Waals surface area contributed by atoms with Gasteiger partial charge in [0.2, 0.25) is 0 Å². The van der Waals surface area contributed by atoms with Crippen molar-refractivity contribution in [2.24, 2.45) is 0 Å². The van der Waals surface area contributed by atoms with E-state index in [4.69, 9.17) is 18.5 Å². The average Bonchev–Trinajstić information content (AvgIpc) is 3.46. The molecule has 9 nitrogen and oxygen atoms in total. The summed E-state index contributed by atoms with van der Waals surface area (Å²) in [5, 5.41) is 0. The number of allylic oxidation sites excluding steroid dienone is 12. The van der Waals surface area contributed by atoms with Crippen molar-refractivity contribution in [1.82, 2.24) is 0 Å². The van der Waals surface area contributed by atoms with Gasteiger partial charge in [0.25, 0.3) is 0 Å². The van der Waals surface area contributed by atoms with Crippen molar-refractivity contribution >= 4 is 19.8 Å². The molecule has 0 bridgehead atoms. The van der Waals surface area contributed by atoms with Crippen molar-refractivity contribution in [2.45, 2.75) is 328 Å². The average molecular weight is 1170 g/mol. The van der Waals surface area contributed by atoms with Crippen molar-refractivity contribution in [3.05, 3.63) is 72.9 Å². The summed E-state index contributed by atoms with van der Waals surface area (Å²) in [5.74, 6) is -0.784. The van der Waals surface area contributed by atoms with E-state index in [2.05, 4.69) is 86.8 Å². The second-order valence-corrected chi connectivity index (χ2v) is 26.0. The lowest BCUT2D eigenvalue weighted by atomic mass is 10.0. The lowest BCUT2D eigenvalue weighted by Crippen LogP contribution is -2.37. The minimum absolute atomic E-state index is 0.0318. The van der Waals surface area contributed by atoms with Crippen molar-refractivity contribution in [3.8, 4) is 0 Å². The number of ether oxygens (including phenoxy) is 2. The predicted molar refractivity (Wildman–Crippen MR) is 353 cm³/mol. The fourth-order valence-electron chi connectivity index (χ4n) is 9.92. The van der Waals surface area contributed by atoms with E-state index in [1.54, 1.807) is 0 Å². The molecule has 0 radical (unpaired) electrons. The second-order valence-electron chi connectivity index (χ2n) is 24.5. The highest BCUT2D eigenvalue weighted by Gasteiger charge is 2.27. The predicted octanol–water partition coefficient (Wildman–Crippen LogP) is 22.4. The molecule has 0 fully saturated rings. The first kappa shape index (κ1) is 79.5. The third-order valence-electron chi connectivity index (χ3n) is 15.2. The first-order valence-corrected chi connectivity index (χ1v) is 36.2. The number of nitrogens with zero attached hydrogens (tertiary/aromatic N) is 1. The molecule has 0 aliphatic rings. The van der Waals surface area contributed by atoms with E-state index in [9.17, 15) is 19.0 Å². The number of likely N-dealkylation sites (N-methyl/N-ethyl adjacent to an activating group) is 1. The Hall–Kier alpha value is -2.55. The van der Waals surface area contributed by atoms with Gasteiger partial charge in [-0.3, -0.25) is 18.6 Å². The first-order valence-electron chi connectivity index (χ1n) is 34.7. The van der Waals surface area contributed by atoms with Crippen LogP contribution in [0.1, 0.15) is 322 Å².